The Hall–Kier alpha value is -1.04. The molecule has 106 valence electrons. The van der Waals surface area contributed by atoms with Gasteiger partial charge >= 0.3 is 0 Å². The molecule has 0 aliphatic carbocycles. The van der Waals surface area contributed by atoms with Crippen molar-refractivity contribution in [2.24, 2.45) is 16.1 Å². The second kappa shape index (κ2) is 8.96. The fraction of sp³-hybridized carbons (Fsp3) is 0.400. The van der Waals surface area contributed by atoms with Gasteiger partial charge in [0.1, 0.15) is 0 Å². The molecule has 0 bridgehead atoms. The van der Waals surface area contributed by atoms with E-state index in [0.29, 0.717) is 19.0 Å². The van der Waals surface area contributed by atoms with Crippen LogP contribution in [0.25, 0.3) is 0 Å². The van der Waals surface area contributed by atoms with Crippen molar-refractivity contribution in [3.8, 4) is 0 Å². The van der Waals surface area contributed by atoms with Gasteiger partial charge in [0.15, 0.2) is 5.96 Å². The van der Waals surface area contributed by atoms with Gasteiger partial charge in [-0.3, -0.25) is 4.99 Å². The third-order valence-corrected chi connectivity index (χ3v) is 2.63. The standard InChI is InChI=1S/C15H23N3.HI/c1-4-10-17-14(16)18-12-15(2,3)11-13-8-6-5-7-9-13;/h4-9H,1,10-12H2,2-3H3,(H3,16,17,18);1H. The first-order valence-electron chi connectivity index (χ1n) is 6.22. The fourth-order valence-corrected chi connectivity index (χ4v) is 1.74. The lowest BCUT2D eigenvalue weighted by atomic mass is 9.86. The van der Waals surface area contributed by atoms with Gasteiger partial charge in [-0.25, -0.2) is 0 Å². The van der Waals surface area contributed by atoms with Crippen LogP contribution in [-0.4, -0.2) is 19.0 Å². The molecule has 0 amide bonds. The number of hydrogen-bond donors (Lipinski definition) is 2. The summed E-state index contributed by atoms with van der Waals surface area (Å²) in [6.07, 6.45) is 2.75. The maximum Gasteiger partial charge on any atom is 0.188 e. The molecule has 0 aliphatic rings. The van der Waals surface area contributed by atoms with E-state index < -0.39 is 0 Å². The van der Waals surface area contributed by atoms with Crippen molar-refractivity contribution in [2.75, 3.05) is 13.1 Å². The van der Waals surface area contributed by atoms with Gasteiger partial charge in [0, 0.05) is 13.1 Å². The molecule has 1 aromatic rings. The highest BCUT2D eigenvalue weighted by atomic mass is 127. The highest BCUT2D eigenvalue weighted by molar-refractivity contribution is 14.0. The van der Waals surface area contributed by atoms with Crippen molar-refractivity contribution in [1.82, 2.24) is 5.32 Å². The van der Waals surface area contributed by atoms with Crippen LogP contribution in [0.2, 0.25) is 0 Å². The van der Waals surface area contributed by atoms with Crippen molar-refractivity contribution in [3.05, 3.63) is 48.6 Å². The van der Waals surface area contributed by atoms with Crippen LogP contribution in [-0.2, 0) is 6.42 Å². The number of rotatable bonds is 6. The predicted octanol–water partition coefficient (Wildman–Crippen LogP) is 2.96. The van der Waals surface area contributed by atoms with Gasteiger partial charge in [0.05, 0.1) is 0 Å². The molecular weight excluding hydrogens is 349 g/mol. The number of halogens is 1. The first-order valence-corrected chi connectivity index (χ1v) is 6.22. The van der Waals surface area contributed by atoms with Gasteiger partial charge in [-0.15, -0.1) is 30.6 Å². The monoisotopic (exact) mass is 373 g/mol. The molecule has 0 atom stereocenters. The van der Waals surface area contributed by atoms with E-state index in [4.69, 9.17) is 5.73 Å². The maximum atomic E-state index is 5.75. The first kappa shape index (κ1) is 18.0. The zero-order valence-corrected chi connectivity index (χ0v) is 14.1. The summed E-state index contributed by atoms with van der Waals surface area (Å²) in [6.45, 7) is 9.38. The number of aliphatic imine (C=N–C) groups is 1. The minimum Gasteiger partial charge on any atom is -0.370 e. The Balaban J connectivity index is 0.00000324. The summed E-state index contributed by atoms with van der Waals surface area (Å²) < 4.78 is 0. The molecule has 0 unspecified atom stereocenters. The van der Waals surface area contributed by atoms with E-state index in [2.05, 4.69) is 55.0 Å². The van der Waals surface area contributed by atoms with Crippen LogP contribution in [0.4, 0.5) is 0 Å². The van der Waals surface area contributed by atoms with Crippen molar-refractivity contribution in [2.45, 2.75) is 20.3 Å². The zero-order chi connectivity index (χ0) is 13.4. The number of guanidine groups is 1. The smallest absolute Gasteiger partial charge is 0.188 e. The van der Waals surface area contributed by atoms with Gasteiger partial charge < -0.3 is 11.1 Å². The average molecular weight is 373 g/mol. The number of nitrogens with one attached hydrogen (secondary N) is 1. The van der Waals surface area contributed by atoms with Gasteiger partial charge in [0.25, 0.3) is 0 Å². The van der Waals surface area contributed by atoms with Crippen LogP contribution in [0.15, 0.2) is 48.0 Å². The van der Waals surface area contributed by atoms with Crippen LogP contribution in [0.3, 0.4) is 0 Å². The van der Waals surface area contributed by atoms with Gasteiger partial charge in [-0.2, -0.15) is 0 Å². The summed E-state index contributed by atoms with van der Waals surface area (Å²) in [5, 5.41) is 2.98. The molecule has 0 saturated heterocycles. The molecule has 1 aromatic carbocycles. The number of nitrogens with two attached hydrogens (primary N) is 1. The summed E-state index contributed by atoms with van der Waals surface area (Å²) in [7, 11) is 0. The Morgan fingerprint density at radius 1 is 1.37 bits per heavy atom. The summed E-state index contributed by atoms with van der Waals surface area (Å²) in [5.41, 5.74) is 7.18. The Labute approximate surface area is 133 Å². The molecule has 3 nitrogen and oxygen atoms in total. The highest BCUT2D eigenvalue weighted by Crippen LogP contribution is 2.21. The SMILES string of the molecule is C=CCNC(N)=NCC(C)(C)Cc1ccccc1.I. The third-order valence-electron chi connectivity index (χ3n) is 2.63. The van der Waals surface area contributed by atoms with Crippen LogP contribution >= 0.6 is 24.0 Å². The van der Waals surface area contributed by atoms with Crippen molar-refractivity contribution < 1.29 is 0 Å². The summed E-state index contributed by atoms with van der Waals surface area (Å²) in [5.74, 6) is 0.482. The van der Waals surface area contributed by atoms with Gasteiger partial charge in [-0.05, 0) is 17.4 Å². The number of hydrogen-bond acceptors (Lipinski definition) is 1. The molecule has 0 aliphatic heterocycles. The van der Waals surface area contributed by atoms with E-state index in [0.717, 1.165) is 6.42 Å². The molecule has 0 radical (unpaired) electrons. The minimum atomic E-state index is 0. The fourth-order valence-electron chi connectivity index (χ4n) is 1.74. The second-order valence-electron chi connectivity index (χ2n) is 5.20. The quantitative estimate of drug-likeness (QED) is 0.349. The van der Waals surface area contributed by atoms with Crippen LogP contribution in [0, 0.1) is 5.41 Å². The predicted molar refractivity (Wildman–Crippen MR) is 94.0 cm³/mol. The van der Waals surface area contributed by atoms with Crippen LogP contribution in [0.5, 0.6) is 0 Å². The molecule has 0 spiro atoms. The van der Waals surface area contributed by atoms with E-state index >= 15 is 0 Å². The Kier molecular flexibility index (Phi) is 8.47. The summed E-state index contributed by atoms with van der Waals surface area (Å²) >= 11 is 0. The molecule has 0 aromatic heterocycles. The lowest BCUT2D eigenvalue weighted by molar-refractivity contribution is 0.377. The molecule has 19 heavy (non-hydrogen) atoms. The van der Waals surface area contributed by atoms with Crippen LogP contribution in [0.1, 0.15) is 19.4 Å². The minimum absolute atomic E-state index is 0. The summed E-state index contributed by atoms with van der Waals surface area (Å²) in [6, 6.07) is 10.4. The third kappa shape index (κ3) is 7.87. The number of nitrogens with zero attached hydrogens (tertiary/aromatic N) is 1. The molecule has 0 fully saturated rings. The average Bonchev–Trinajstić information content (AvgIpc) is 2.35. The first-order chi connectivity index (χ1) is 8.53. The Morgan fingerprint density at radius 2 is 2.00 bits per heavy atom. The largest absolute Gasteiger partial charge is 0.370 e. The lowest BCUT2D eigenvalue weighted by Crippen LogP contribution is -2.33. The highest BCUT2D eigenvalue weighted by Gasteiger charge is 2.18. The Morgan fingerprint density at radius 3 is 2.58 bits per heavy atom. The van der Waals surface area contributed by atoms with Gasteiger partial charge in [0.2, 0.25) is 0 Å². The maximum absolute atomic E-state index is 5.75. The van der Waals surface area contributed by atoms with E-state index in [1.54, 1.807) is 6.08 Å². The van der Waals surface area contributed by atoms with Crippen molar-refractivity contribution >= 4 is 29.9 Å². The topological polar surface area (TPSA) is 50.4 Å². The normalized spacial score (nSPS) is 11.6. The van der Waals surface area contributed by atoms with Crippen LogP contribution < -0.4 is 11.1 Å². The lowest BCUT2D eigenvalue weighted by Gasteiger charge is -2.22. The molecule has 1 rings (SSSR count). The summed E-state index contributed by atoms with van der Waals surface area (Å²) in [4.78, 5) is 4.37. The van der Waals surface area contributed by atoms with Crippen molar-refractivity contribution in [1.29, 1.82) is 0 Å². The number of benzene rings is 1. The van der Waals surface area contributed by atoms with E-state index in [-0.39, 0.29) is 29.4 Å². The van der Waals surface area contributed by atoms with Crippen molar-refractivity contribution in [3.63, 3.8) is 0 Å². The van der Waals surface area contributed by atoms with E-state index in [1.165, 1.54) is 5.56 Å². The van der Waals surface area contributed by atoms with Gasteiger partial charge in [-0.1, -0.05) is 50.3 Å². The molecule has 0 saturated carbocycles. The van der Waals surface area contributed by atoms with E-state index in [9.17, 15) is 0 Å². The molecule has 4 heteroatoms. The molecular formula is C15H24IN3. The Bertz CT molecular complexity index is 399. The zero-order valence-electron chi connectivity index (χ0n) is 11.7. The second-order valence-corrected chi connectivity index (χ2v) is 5.20. The molecule has 3 N–H and O–H groups in total. The van der Waals surface area contributed by atoms with E-state index in [1.807, 2.05) is 6.07 Å². The molecule has 0 heterocycles.